The van der Waals surface area contributed by atoms with Gasteiger partial charge in [0.15, 0.2) is 0 Å². The van der Waals surface area contributed by atoms with E-state index >= 15 is 0 Å². The highest BCUT2D eigenvalue weighted by atomic mass is 16.7. The number of oxime groups is 1. The molecule has 3 nitrogen and oxygen atoms in total. The summed E-state index contributed by atoms with van der Waals surface area (Å²) in [6.07, 6.45) is 4.14. The smallest absolute Gasteiger partial charge is 0.318 e. The molecule has 2 rings (SSSR count). The molecule has 1 aromatic rings. The van der Waals surface area contributed by atoms with Crippen LogP contribution in [0.25, 0.3) is 0 Å². The maximum absolute atomic E-state index is 11.7. The SMILES string of the molecule is C/C(=N\OC(=O)C1CCCC1)c1ccccc1. The van der Waals surface area contributed by atoms with Gasteiger partial charge in [0, 0.05) is 0 Å². The molecule has 0 radical (unpaired) electrons. The minimum Gasteiger partial charge on any atom is -0.318 e. The molecule has 90 valence electrons. The molecule has 0 aromatic heterocycles. The van der Waals surface area contributed by atoms with E-state index in [2.05, 4.69) is 5.16 Å². The summed E-state index contributed by atoms with van der Waals surface area (Å²) < 4.78 is 0. The molecule has 0 bridgehead atoms. The standard InChI is InChI=1S/C14H17NO2/c1-11(12-7-3-2-4-8-12)15-17-14(16)13-9-5-6-10-13/h2-4,7-8,13H,5-6,9-10H2,1H3/b15-11+. The van der Waals surface area contributed by atoms with E-state index in [9.17, 15) is 4.79 Å². The second-order valence-corrected chi connectivity index (χ2v) is 4.43. The van der Waals surface area contributed by atoms with Crippen LogP contribution in [0.1, 0.15) is 38.2 Å². The van der Waals surface area contributed by atoms with Crippen LogP contribution in [0.5, 0.6) is 0 Å². The Labute approximate surface area is 101 Å². The molecule has 0 aliphatic heterocycles. The molecule has 1 fully saturated rings. The summed E-state index contributed by atoms with van der Waals surface area (Å²) in [6, 6.07) is 9.71. The van der Waals surface area contributed by atoms with Gasteiger partial charge in [0.05, 0.1) is 11.6 Å². The third-order valence-corrected chi connectivity index (χ3v) is 3.15. The number of nitrogens with zero attached hydrogens (tertiary/aromatic N) is 1. The van der Waals surface area contributed by atoms with Crippen molar-refractivity contribution in [3.8, 4) is 0 Å². The van der Waals surface area contributed by atoms with Crippen LogP contribution in [0, 0.1) is 5.92 Å². The lowest BCUT2D eigenvalue weighted by molar-refractivity contribution is -0.148. The Morgan fingerprint density at radius 3 is 2.53 bits per heavy atom. The predicted molar refractivity (Wildman–Crippen MR) is 66.7 cm³/mol. The minimum absolute atomic E-state index is 0.0577. The van der Waals surface area contributed by atoms with Gasteiger partial charge >= 0.3 is 5.97 Å². The maximum Gasteiger partial charge on any atom is 0.338 e. The summed E-state index contributed by atoms with van der Waals surface area (Å²) in [6.45, 7) is 1.84. The zero-order valence-electron chi connectivity index (χ0n) is 10.1. The van der Waals surface area contributed by atoms with E-state index in [-0.39, 0.29) is 11.9 Å². The lowest BCUT2D eigenvalue weighted by atomic mass is 10.1. The largest absolute Gasteiger partial charge is 0.338 e. The van der Waals surface area contributed by atoms with Crippen LogP contribution in [0.15, 0.2) is 35.5 Å². The zero-order valence-corrected chi connectivity index (χ0v) is 10.1. The van der Waals surface area contributed by atoms with Gasteiger partial charge in [0.1, 0.15) is 0 Å². The van der Waals surface area contributed by atoms with Crippen molar-refractivity contribution in [1.29, 1.82) is 0 Å². The van der Waals surface area contributed by atoms with E-state index in [1.807, 2.05) is 37.3 Å². The van der Waals surface area contributed by atoms with Crippen LogP contribution >= 0.6 is 0 Å². The summed E-state index contributed by atoms with van der Waals surface area (Å²) in [7, 11) is 0. The first-order chi connectivity index (χ1) is 8.27. The summed E-state index contributed by atoms with van der Waals surface area (Å²) in [5, 5.41) is 3.91. The topological polar surface area (TPSA) is 38.7 Å². The van der Waals surface area contributed by atoms with Crippen molar-refractivity contribution in [2.45, 2.75) is 32.6 Å². The highest BCUT2D eigenvalue weighted by Crippen LogP contribution is 2.25. The molecule has 0 N–H and O–H groups in total. The molecule has 3 heteroatoms. The van der Waals surface area contributed by atoms with Crippen molar-refractivity contribution < 1.29 is 9.63 Å². The Morgan fingerprint density at radius 2 is 1.88 bits per heavy atom. The van der Waals surface area contributed by atoms with Crippen molar-refractivity contribution in [3.63, 3.8) is 0 Å². The molecule has 0 unspecified atom stereocenters. The lowest BCUT2D eigenvalue weighted by Crippen LogP contribution is -2.12. The molecule has 0 amide bonds. The number of benzene rings is 1. The fraction of sp³-hybridized carbons (Fsp3) is 0.429. The van der Waals surface area contributed by atoms with E-state index in [1.165, 1.54) is 0 Å². The second-order valence-electron chi connectivity index (χ2n) is 4.43. The summed E-state index contributed by atoms with van der Waals surface area (Å²) in [5.74, 6) is -0.125. The first-order valence-electron chi connectivity index (χ1n) is 6.08. The minimum atomic E-state index is -0.183. The van der Waals surface area contributed by atoms with Crippen molar-refractivity contribution in [2.75, 3.05) is 0 Å². The summed E-state index contributed by atoms with van der Waals surface area (Å²) >= 11 is 0. The van der Waals surface area contributed by atoms with Crippen LogP contribution in [-0.2, 0) is 9.63 Å². The van der Waals surface area contributed by atoms with E-state index in [0.29, 0.717) is 0 Å². The highest BCUT2D eigenvalue weighted by Gasteiger charge is 2.24. The number of hydrogen-bond acceptors (Lipinski definition) is 3. The average molecular weight is 231 g/mol. The van der Waals surface area contributed by atoms with Gasteiger partial charge in [0.2, 0.25) is 0 Å². The van der Waals surface area contributed by atoms with Gasteiger partial charge in [0.25, 0.3) is 0 Å². The average Bonchev–Trinajstić information content (AvgIpc) is 2.90. The van der Waals surface area contributed by atoms with Gasteiger partial charge in [-0.3, -0.25) is 0 Å². The van der Waals surface area contributed by atoms with Gasteiger partial charge < -0.3 is 4.84 Å². The zero-order chi connectivity index (χ0) is 12.1. The van der Waals surface area contributed by atoms with Crippen LogP contribution in [0.4, 0.5) is 0 Å². The van der Waals surface area contributed by atoms with Crippen molar-refractivity contribution in [3.05, 3.63) is 35.9 Å². The van der Waals surface area contributed by atoms with Crippen molar-refractivity contribution in [2.24, 2.45) is 11.1 Å². The maximum atomic E-state index is 11.7. The quantitative estimate of drug-likeness (QED) is 0.455. The molecule has 1 aliphatic rings. The predicted octanol–water partition coefficient (Wildman–Crippen LogP) is 3.14. The van der Waals surface area contributed by atoms with Crippen LogP contribution in [0.2, 0.25) is 0 Å². The van der Waals surface area contributed by atoms with Crippen molar-refractivity contribution in [1.82, 2.24) is 0 Å². The molecular weight excluding hydrogens is 214 g/mol. The van der Waals surface area contributed by atoms with Gasteiger partial charge in [-0.1, -0.05) is 48.3 Å². The van der Waals surface area contributed by atoms with Gasteiger partial charge in [-0.05, 0) is 25.3 Å². The Kier molecular flexibility index (Phi) is 3.91. The van der Waals surface area contributed by atoms with Crippen LogP contribution in [0.3, 0.4) is 0 Å². The Bertz CT molecular complexity index is 405. The molecule has 1 aliphatic carbocycles. The molecule has 1 saturated carbocycles. The third kappa shape index (κ3) is 3.16. The molecule has 1 aromatic carbocycles. The number of hydrogen-bond donors (Lipinski definition) is 0. The first-order valence-corrected chi connectivity index (χ1v) is 6.08. The van der Waals surface area contributed by atoms with Gasteiger partial charge in [-0.15, -0.1) is 0 Å². The fourth-order valence-corrected chi connectivity index (χ4v) is 2.08. The molecule has 17 heavy (non-hydrogen) atoms. The molecule has 0 atom stereocenters. The highest BCUT2D eigenvalue weighted by molar-refractivity contribution is 5.98. The molecule has 0 spiro atoms. The Morgan fingerprint density at radius 1 is 1.24 bits per heavy atom. The number of carbonyl (C=O) groups excluding carboxylic acids is 1. The van der Waals surface area contributed by atoms with E-state index < -0.39 is 0 Å². The summed E-state index contributed by atoms with van der Waals surface area (Å²) in [5.41, 5.74) is 1.71. The molecular formula is C14H17NO2. The molecule has 0 heterocycles. The van der Waals surface area contributed by atoms with Crippen LogP contribution in [-0.4, -0.2) is 11.7 Å². The van der Waals surface area contributed by atoms with Gasteiger partial charge in [-0.2, -0.15) is 0 Å². The van der Waals surface area contributed by atoms with Crippen molar-refractivity contribution >= 4 is 11.7 Å². The Balaban J connectivity index is 1.94. The second kappa shape index (κ2) is 5.62. The normalized spacial score (nSPS) is 17.1. The lowest BCUT2D eigenvalue weighted by Gasteiger charge is -2.05. The van der Waals surface area contributed by atoms with E-state index in [4.69, 9.17) is 4.84 Å². The Hall–Kier alpha value is -1.64. The summed E-state index contributed by atoms with van der Waals surface area (Å²) in [4.78, 5) is 16.6. The van der Waals surface area contributed by atoms with E-state index in [1.54, 1.807) is 0 Å². The number of rotatable bonds is 3. The third-order valence-electron chi connectivity index (χ3n) is 3.15. The monoisotopic (exact) mass is 231 g/mol. The molecule has 0 saturated heterocycles. The number of carbonyl (C=O) groups is 1. The van der Waals surface area contributed by atoms with Crippen LogP contribution < -0.4 is 0 Å². The van der Waals surface area contributed by atoms with Gasteiger partial charge in [-0.25, -0.2) is 4.79 Å². The fourth-order valence-electron chi connectivity index (χ4n) is 2.08. The first kappa shape index (κ1) is 11.8. The van der Waals surface area contributed by atoms with E-state index in [0.717, 1.165) is 37.0 Å².